The van der Waals surface area contributed by atoms with E-state index in [0.29, 0.717) is 23.2 Å². The van der Waals surface area contributed by atoms with Crippen molar-refractivity contribution < 1.29 is 19.2 Å². The van der Waals surface area contributed by atoms with Crippen molar-refractivity contribution >= 4 is 35.0 Å². The SMILES string of the molecule is O=C1[C@@H]2[C@@H]3CC[C@@H](C3)[C@@H]2C(=O)N1c1ccc(N2C(=O)[C@H]3C4c5ccccc5C(c5ccccc54)[C@@H]3C2=O)cc1. The standard InChI is InChI=1S/C33H26N2O4/c36-30-24-16-9-10-17(15-16)25(24)31(37)34(30)18-11-13-19(14-12-18)35-32(38)28-26-20-5-1-2-6-21(20)27(29(28)33(35)39)23-8-4-3-7-22(23)26/h1-8,11-14,16-17,24-29H,9-10,15H2/t16-,17+,24-,25+,26?,27?,28-,29-/m0/s1. The zero-order chi connectivity index (χ0) is 26.2. The minimum Gasteiger partial charge on any atom is -0.274 e. The monoisotopic (exact) mass is 514 g/mol. The Bertz CT molecular complexity index is 1500. The fourth-order valence-corrected chi connectivity index (χ4v) is 9.35. The number of imide groups is 2. The Balaban J connectivity index is 1.07. The minimum absolute atomic E-state index is 0.0867. The molecule has 6 atom stereocenters. The van der Waals surface area contributed by atoms with Crippen LogP contribution in [0.25, 0.3) is 0 Å². The summed E-state index contributed by atoms with van der Waals surface area (Å²) >= 11 is 0. The van der Waals surface area contributed by atoms with E-state index in [-0.39, 0.29) is 47.3 Å². The zero-order valence-electron chi connectivity index (χ0n) is 21.2. The van der Waals surface area contributed by atoms with Crippen LogP contribution in [0.4, 0.5) is 11.4 Å². The molecule has 2 saturated carbocycles. The topological polar surface area (TPSA) is 74.8 Å². The first-order chi connectivity index (χ1) is 19.0. The molecule has 0 radical (unpaired) electrons. The zero-order valence-corrected chi connectivity index (χ0v) is 21.2. The lowest BCUT2D eigenvalue weighted by Gasteiger charge is -2.45. The number of carbonyl (C=O) groups is 4. The van der Waals surface area contributed by atoms with Crippen molar-refractivity contribution in [2.45, 2.75) is 31.1 Å². The second-order valence-electron chi connectivity index (χ2n) is 12.2. The van der Waals surface area contributed by atoms with E-state index in [1.807, 2.05) is 24.3 Å². The maximum Gasteiger partial charge on any atom is 0.238 e. The van der Waals surface area contributed by atoms with Crippen LogP contribution in [0.3, 0.4) is 0 Å². The van der Waals surface area contributed by atoms with Crippen molar-refractivity contribution in [2.75, 3.05) is 9.80 Å². The third-order valence-corrected chi connectivity index (χ3v) is 10.7. The molecule has 2 saturated heterocycles. The molecule has 2 heterocycles. The number of hydrogen-bond acceptors (Lipinski definition) is 4. The van der Waals surface area contributed by atoms with E-state index in [4.69, 9.17) is 0 Å². The van der Waals surface area contributed by atoms with Crippen LogP contribution in [0.1, 0.15) is 53.4 Å². The molecule has 10 rings (SSSR count). The molecule has 4 amide bonds. The summed E-state index contributed by atoms with van der Waals surface area (Å²) in [6.45, 7) is 0. The molecule has 4 fully saturated rings. The Morgan fingerprint density at radius 2 is 0.795 bits per heavy atom. The lowest BCUT2D eigenvalue weighted by molar-refractivity contribution is -0.124. The Kier molecular flexibility index (Phi) is 4.10. The molecular formula is C33H26N2O4. The van der Waals surface area contributed by atoms with Gasteiger partial charge in [0.15, 0.2) is 0 Å². The van der Waals surface area contributed by atoms with Gasteiger partial charge in [0.1, 0.15) is 0 Å². The van der Waals surface area contributed by atoms with Crippen molar-refractivity contribution in [1.82, 2.24) is 0 Å². The van der Waals surface area contributed by atoms with E-state index in [2.05, 4.69) is 24.3 Å². The van der Waals surface area contributed by atoms with Gasteiger partial charge in [-0.05, 0) is 77.6 Å². The molecule has 0 spiro atoms. The normalized spacial score (nSPS) is 35.0. The van der Waals surface area contributed by atoms with Crippen LogP contribution in [0, 0.1) is 35.5 Å². The van der Waals surface area contributed by atoms with Gasteiger partial charge in [0.2, 0.25) is 23.6 Å². The Morgan fingerprint density at radius 3 is 1.15 bits per heavy atom. The van der Waals surface area contributed by atoms with Gasteiger partial charge in [-0.25, -0.2) is 4.90 Å². The molecule has 3 aromatic carbocycles. The van der Waals surface area contributed by atoms with Gasteiger partial charge >= 0.3 is 0 Å². The number of hydrogen-bond donors (Lipinski definition) is 0. The number of benzene rings is 3. The highest BCUT2D eigenvalue weighted by atomic mass is 16.2. The summed E-state index contributed by atoms with van der Waals surface area (Å²) in [6, 6.07) is 23.3. The summed E-state index contributed by atoms with van der Waals surface area (Å²) in [6.07, 6.45) is 3.07. The Hall–Kier alpha value is -4.06. The first kappa shape index (κ1) is 21.8. The van der Waals surface area contributed by atoms with Crippen LogP contribution in [-0.4, -0.2) is 23.6 Å². The molecule has 2 aliphatic heterocycles. The molecule has 5 aliphatic carbocycles. The highest BCUT2D eigenvalue weighted by Crippen LogP contribution is 2.61. The van der Waals surface area contributed by atoms with Crippen LogP contribution in [0.5, 0.6) is 0 Å². The predicted molar refractivity (Wildman–Crippen MR) is 143 cm³/mol. The van der Waals surface area contributed by atoms with Crippen LogP contribution in [0.2, 0.25) is 0 Å². The second-order valence-corrected chi connectivity index (χ2v) is 12.2. The van der Waals surface area contributed by atoms with E-state index in [1.165, 1.54) is 9.80 Å². The molecule has 0 N–H and O–H groups in total. The summed E-state index contributed by atoms with van der Waals surface area (Å²) in [5.74, 6) is -1.41. The molecule has 3 aromatic rings. The largest absolute Gasteiger partial charge is 0.274 e. The molecule has 0 unspecified atom stereocenters. The third kappa shape index (κ3) is 2.53. The molecule has 6 heteroatoms. The van der Waals surface area contributed by atoms with Crippen LogP contribution in [0.15, 0.2) is 72.8 Å². The predicted octanol–water partition coefficient (Wildman–Crippen LogP) is 4.62. The molecular weight excluding hydrogens is 488 g/mol. The van der Waals surface area contributed by atoms with Crippen molar-refractivity contribution in [1.29, 1.82) is 0 Å². The van der Waals surface area contributed by atoms with Gasteiger partial charge in [0.05, 0.1) is 35.0 Å². The molecule has 192 valence electrons. The summed E-state index contributed by atoms with van der Waals surface area (Å²) < 4.78 is 0. The van der Waals surface area contributed by atoms with Gasteiger partial charge in [-0.2, -0.15) is 0 Å². The van der Waals surface area contributed by atoms with Gasteiger partial charge in [0, 0.05) is 11.8 Å². The first-order valence-corrected chi connectivity index (χ1v) is 14.1. The summed E-state index contributed by atoms with van der Waals surface area (Å²) in [5.41, 5.74) is 5.60. The van der Waals surface area contributed by atoms with Gasteiger partial charge in [0.25, 0.3) is 0 Å². The van der Waals surface area contributed by atoms with Crippen LogP contribution >= 0.6 is 0 Å². The number of rotatable bonds is 2. The molecule has 7 aliphatic rings. The fraction of sp³-hybridized carbons (Fsp3) is 0.333. The quantitative estimate of drug-likeness (QED) is 0.468. The minimum atomic E-state index is -0.441. The summed E-state index contributed by atoms with van der Waals surface area (Å²) in [4.78, 5) is 57.3. The van der Waals surface area contributed by atoms with Crippen LogP contribution in [-0.2, 0) is 19.2 Å². The number of anilines is 2. The maximum absolute atomic E-state index is 14.0. The lowest BCUT2D eigenvalue weighted by Crippen LogP contribution is -2.41. The Morgan fingerprint density at radius 1 is 0.462 bits per heavy atom. The molecule has 4 bridgehead atoms. The second kappa shape index (κ2) is 7.32. The van der Waals surface area contributed by atoms with E-state index in [0.717, 1.165) is 41.5 Å². The lowest BCUT2D eigenvalue weighted by atomic mass is 9.55. The fourth-order valence-electron chi connectivity index (χ4n) is 9.35. The average molecular weight is 515 g/mol. The summed E-state index contributed by atoms with van der Waals surface area (Å²) in [7, 11) is 0. The van der Waals surface area contributed by atoms with Gasteiger partial charge in [-0.3, -0.25) is 24.1 Å². The molecule has 6 nitrogen and oxygen atoms in total. The number of carbonyl (C=O) groups excluding carboxylic acids is 4. The third-order valence-electron chi connectivity index (χ3n) is 10.7. The first-order valence-electron chi connectivity index (χ1n) is 14.1. The smallest absolute Gasteiger partial charge is 0.238 e. The molecule has 0 aromatic heterocycles. The van der Waals surface area contributed by atoms with E-state index < -0.39 is 11.8 Å². The molecule has 39 heavy (non-hydrogen) atoms. The summed E-state index contributed by atoms with van der Waals surface area (Å²) in [5, 5.41) is 0. The maximum atomic E-state index is 14.0. The number of nitrogens with zero attached hydrogens (tertiary/aromatic N) is 2. The van der Waals surface area contributed by atoms with Crippen LogP contribution < -0.4 is 9.80 Å². The van der Waals surface area contributed by atoms with Crippen molar-refractivity contribution in [2.24, 2.45) is 35.5 Å². The number of fused-ring (bicyclic) bond motifs is 5. The van der Waals surface area contributed by atoms with E-state index >= 15 is 0 Å². The van der Waals surface area contributed by atoms with Crippen molar-refractivity contribution in [3.8, 4) is 0 Å². The van der Waals surface area contributed by atoms with E-state index in [1.54, 1.807) is 24.3 Å². The van der Waals surface area contributed by atoms with E-state index in [9.17, 15) is 19.2 Å². The average Bonchev–Trinajstić information content (AvgIpc) is 3.71. The highest BCUT2D eigenvalue weighted by molar-refractivity contribution is 6.24. The van der Waals surface area contributed by atoms with Crippen molar-refractivity contribution in [3.63, 3.8) is 0 Å². The van der Waals surface area contributed by atoms with Crippen molar-refractivity contribution in [3.05, 3.63) is 95.1 Å². The number of amides is 4. The van der Waals surface area contributed by atoms with Gasteiger partial charge in [-0.1, -0.05) is 48.5 Å². The highest BCUT2D eigenvalue weighted by Gasteiger charge is 2.63. The Labute approximate surface area is 225 Å². The van der Waals surface area contributed by atoms with Gasteiger partial charge < -0.3 is 0 Å². The van der Waals surface area contributed by atoms with Gasteiger partial charge in [-0.15, -0.1) is 0 Å².